The minimum absolute atomic E-state index is 0.0279. The average Bonchev–Trinajstić information content (AvgIpc) is 3.04. The van der Waals surface area contributed by atoms with E-state index < -0.39 is 16.5 Å². The van der Waals surface area contributed by atoms with Crippen LogP contribution in [0.1, 0.15) is 30.6 Å². The summed E-state index contributed by atoms with van der Waals surface area (Å²) in [7, 11) is 3.40. The van der Waals surface area contributed by atoms with E-state index in [0.717, 1.165) is 31.9 Å². The van der Waals surface area contributed by atoms with Gasteiger partial charge in [0.15, 0.2) is 5.13 Å². The molecule has 1 heterocycles. The van der Waals surface area contributed by atoms with Gasteiger partial charge in [-0.05, 0) is 12.8 Å². The molecule has 1 fully saturated rings. The van der Waals surface area contributed by atoms with E-state index in [2.05, 4.69) is 10.3 Å². The van der Waals surface area contributed by atoms with Crippen molar-refractivity contribution in [2.75, 3.05) is 26.0 Å². The molecule has 1 aromatic rings. The second-order valence-electron chi connectivity index (χ2n) is 5.57. The summed E-state index contributed by atoms with van der Waals surface area (Å²) in [6, 6.07) is 0. The number of aromatic nitrogens is 1. The SMILES string of the molecule is CN(C)C(=O)C1(CNc2ncc(C(F)(F)F)s2)CCCC1. The number of carbonyl (C=O) groups excluding carboxylic acids is 1. The first kappa shape index (κ1) is 16.1. The van der Waals surface area contributed by atoms with Gasteiger partial charge in [0.25, 0.3) is 0 Å². The monoisotopic (exact) mass is 321 g/mol. The van der Waals surface area contributed by atoms with Crippen molar-refractivity contribution in [3.05, 3.63) is 11.1 Å². The fraction of sp³-hybridized carbons (Fsp3) is 0.692. The fourth-order valence-electron chi connectivity index (χ4n) is 2.72. The predicted molar refractivity (Wildman–Crippen MR) is 75.2 cm³/mol. The Morgan fingerprint density at radius 2 is 2.05 bits per heavy atom. The van der Waals surface area contributed by atoms with Crippen molar-refractivity contribution in [2.24, 2.45) is 5.41 Å². The van der Waals surface area contributed by atoms with E-state index in [1.807, 2.05) is 0 Å². The van der Waals surface area contributed by atoms with Crippen molar-refractivity contribution in [2.45, 2.75) is 31.9 Å². The summed E-state index contributed by atoms with van der Waals surface area (Å²) in [5.41, 5.74) is -0.520. The van der Waals surface area contributed by atoms with E-state index in [0.29, 0.717) is 17.9 Å². The van der Waals surface area contributed by atoms with Gasteiger partial charge in [-0.2, -0.15) is 13.2 Å². The Balaban J connectivity index is 2.06. The van der Waals surface area contributed by atoms with Gasteiger partial charge in [0.1, 0.15) is 4.88 Å². The summed E-state index contributed by atoms with van der Waals surface area (Å²) >= 11 is 0.570. The molecule has 1 amide bonds. The van der Waals surface area contributed by atoms with Gasteiger partial charge in [0.2, 0.25) is 5.91 Å². The van der Waals surface area contributed by atoms with Crippen LogP contribution in [0.5, 0.6) is 0 Å². The summed E-state index contributed by atoms with van der Waals surface area (Å²) < 4.78 is 37.6. The van der Waals surface area contributed by atoms with E-state index in [4.69, 9.17) is 0 Å². The number of amides is 1. The molecule has 1 aliphatic rings. The Hall–Kier alpha value is -1.31. The van der Waals surface area contributed by atoms with Crippen molar-refractivity contribution in [3.8, 4) is 0 Å². The number of thiazole rings is 1. The standard InChI is InChI=1S/C13H18F3N3OS/c1-19(2)10(20)12(5-3-4-6-12)8-18-11-17-7-9(21-11)13(14,15)16/h7H,3-6,8H2,1-2H3,(H,17,18). The lowest BCUT2D eigenvalue weighted by Crippen LogP contribution is -2.43. The molecule has 1 saturated carbocycles. The van der Waals surface area contributed by atoms with Crippen LogP contribution < -0.4 is 5.32 Å². The number of anilines is 1. The van der Waals surface area contributed by atoms with E-state index in [9.17, 15) is 18.0 Å². The number of hydrogen-bond donors (Lipinski definition) is 1. The zero-order valence-corrected chi connectivity index (χ0v) is 12.8. The zero-order valence-electron chi connectivity index (χ0n) is 12.0. The van der Waals surface area contributed by atoms with Gasteiger partial charge in [0.05, 0.1) is 11.6 Å². The molecule has 21 heavy (non-hydrogen) atoms. The predicted octanol–water partition coefficient (Wildman–Crippen LogP) is 3.22. The van der Waals surface area contributed by atoms with Crippen LogP contribution >= 0.6 is 11.3 Å². The van der Waals surface area contributed by atoms with Crippen LogP contribution in [-0.2, 0) is 11.0 Å². The number of hydrogen-bond acceptors (Lipinski definition) is 4. The summed E-state index contributed by atoms with van der Waals surface area (Å²) in [6.07, 6.45) is -0.104. The molecule has 0 atom stereocenters. The first-order valence-corrected chi connectivity index (χ1v) is 7.55. The third-order valence-electron chi connectivity index (χ3n) is 3.78. The summed E-state index contributed by atoms with van der Waals surface area (Å²) in [5, 5.41) is 3.12. The molecular weight excluding hydrogens is 303 g/mol. The molecule has 0 radical (unpaired) electrons. The highest BCUT2D eigenvalue weighted by Crippen LogP contribution is 2.40. The minimum atomic E-state index is -4.37. The Kier molecular flexibility index (Phi) is 4.46. The van der Waals surface area contributed by atoms with E-state index in [-0.39, 0.29) is 11.0 Å². The fourth-order valence-corrected chi connectivity index (χ4v) is 3.40. The van der Waals surface area contributed by atoms with Crippen LogP contribution in [0.15, 0.2) is 6.20 Å². The van der Waals surface area contributed by atoms with Gasteiger partial charge in [-0.25, -0.2) is 4.98 Å². The van der Waals surface area contributed by atoms with Crippen molar-refractivity contribution >= 4 is 22.4 Å². The van der Waals surface area contributed by atoms with Gasteiger partial charge in [-0.15, -0.1) is 0 Å². The molecule has 8 heteroatoms. The van der Waals surface area contributed by atoms with Crippen LogP contribution in [0.4, 0.5) is 18.3 Å². The number of carbonyl (C=O) groups is 1. The Bertz CT molecular complexity index is 507. The summed E-state index contributed by atoms with van der Waals surface area (Å²) in [5.74, 6) is 0.0279. The smallest absolute Gasteiger partial charge is 0.360 e. The molecule has 2 rings (SSSR count). The quantitative estimate of drug-likeness (QED) is 0.926. The highest BCUT2D eigenvalue weighted by Gasteiger charge is 2.42. The highest BCUT2D eigenvalue weighted by molar-refractivity contribution is 7.15. The van der Waals surface area contributed by atoms with Crippen LogP contribution in [-0.4, -0.2) is 36.4 Å². The van der Waals surface area contributed by atoms with Gasteiger partial charge in [0, 0.05) is 20.6 Å². The maximum absolute atomic E-state index is 12.5. The molecule has 0 unspecified atom stereocenters. The second-order valence-corrected chi connectivity index (χ2v) is 6.60. The summed E-state index contributed by atoms with van der Waals surface area (Å²) in [4.78, 5) is 16.9. The normalized spacial score (nSPS) is 17.8. The van der Waals surface area contributed by atoms with E-state index >= 15 is 0 Å². The number of nitrogens with zero attached hydrogens (tertiary/aromatic N) is 2. The Morgan fingerprint density at radius 1 is 1.43 bits per heavy atom. The Morgan fingerprint density at radius 3 is 2.52 bits per heavy atom. The van der Waals surface area contributed by atoms with Crippen LogP contribution in [0.2, 0.25) is 0 Å². The molecule has 1 N–H and O–H groups in total. The van der Waals surface area contributed by atoms with Gasteiger partial charge in [-0.1, -0.05) is 24.2 Å². The molecule has 118 valence electrons. The molecule has 4 nitrogen and oxygen atoms in total. The second kappa shape index (κ2) is 5.82. The number of alkyl halides is 3. The molecular formula is C13H18F3N3OS. The minimum Gasteiger partial charge on any atom is -0.360 e. The number of halogens is 3. The number of rotatable bonds is 4. The van der Waals surface area contributed by atoms with Crippen molar-refractivity contribution in [3.63, 3.8) is 0 Å². The lowest BCUT2D eigenvalue weighted by molar-refractivity contribution is -0.138. The topological polar surface area (TPSA) is 45.2 Å². The van der Waals surface area contributed by atoms with E-state index in [1.165, 1.54) is 0 Å². The van der Waals surface area contributed by atoms with E-state index in [1.54, 1.807) is 19.0 Å². The molecule has 0 spiro atoms. The van der Waals surface area contributed by atoms with Crippen molar-refractivity contribution < 1.29 is 18.0 Å². The van der Waals surface area contributed by atoms with Crippen LogP contribution in [0, 0.1) is 5.41 Å². The Labute approximate surface area is 125 Å². The third kappa shape index (κ3) is 3.48. The average molecular weight is 321 g/mol. The molecule has 0 saturated heterocycles. The third-order valence-corrected chi connectivity index (χ3v) is 4.78. The maximum Gasteiger partial charge on any atom is 0.427 e. The van der Waals surface area contributed by atoms with Gasteiger partial charge < -0.3 is 10.2 Å². The van der Waals surface area contributed by atoms with Crippen molar-refractivity contribution in [1.29, 1.82) is 0 Å². The van der Waals surface area contributed by atoms with Gasteiger partial charge in [-0.3, -0.25) is 4.79 Å². The largest absolute Gasteiger partial charge is 0.427 e. The molecule has 0 aliphatic heterocycles. The van der Waals surface area contributed by atoms with Crippen molar-refractivity contribution in [1.82, 2.24) is 9.88 Å². The first-order valence-electron chi connectivity index (χ1n) is 6.73. The molecule has 0 aromatic carbocycles. The lowest BCUT2D eigenvalue weighted by Gasteiger charge is -2.30. The maximum atomic E-state index is 12.5. The lowest BCUT2D eigenvalue weighted by atomic mass is 9.84. The van der Waals surface area contributed by atoms with Crippen LogP contribution in [0.25, 0.3) is 0 Å². The van der Waals surface area contributed by atoms with Gasteiger partial charge >= 0.3 is 6.18 Å². The molecule has 1 aliphatic carbocycles. The highest BCUT2D eigenvalue weighted by atomic mass is 32.1. The number of nitrogens with one attached hydrogen (secondary N) is 1. The summed E-state index contributed by atoms with van der Waals surface area (Å²) in [6.45, 7) is 0.328. The first-order chi connectivity index (χ1) is 9.74. The molecule has 0 bridgehead atoms. The zero-order chi connectivity index (χ0) is 15.7. The van der Waals surface area contributed by atoms with Crippen LogP contribution in [0.3, 0.4) is 0 Å². The molecule has 1 aromatic heterocycles.